The molecule has 0 aliphatic rings. The Morgan fingerprint density at radius 2 is 2.17 bits per heavy atom. The normalized spacial score (nSPS) is 14.0. The summed E-state index contributed by atoms with van der Waals surface area (Å²) in [6.07, 6.45) is 3.49. The van der Waals surface area contributed by atoms with Gasteiger partial charge < -0.3 is 11.1 Å². The largest absolute Gasteiger partial charge is 0.368 e. The second kappa shape index (κ2) is 5.62. The van der Waals surface area contributed by atoms with E-state index >= 15 is 0 Å². The van der Waals surface area contributed by atoms with Crippen molar-refractivity contribution in [1.29, 1.82) is 0 Å². The number of rotatable bonds is 5. The first-order chi connectivity index (χ1) is 8.44. The van der Waals surface area contributed by atoms with Gasteiger partial charge in [0.15, 0.2) is 0 Å². The second-order valence-electron chi connectivity index (χ2n) is 4.54. The Morgan fingerprint density at radius 1 is 1.50 bits per heavy atom. The molecule has 0 saturated heterocycles. The molecule has 0 spiro atoms. The van der Waals surface area contributed by atoms with E-state index in [9.17, 15) is 9.59 Å². The highest BCUT2D eigenvalue weighted by atomic mass is 16.2. The Balaban J connectivity index is 2.99. The van der Waals surface area contributed by atoms with Crippen molar-refractivity contribution in [2.45, 2.75) is 32.7 Å². The molecular formula is C13H19N3O2. The van der Waals surface area contributed by atoms with Crippen LogP contribution in [0.25, 0.3) is 0 Å². The Hall–Kier alpha value is -1.91. The average molecular weight is 249 g/mol. The van der Waals surface area contributed by atoms with Crippen molar-refractivity contribution in [3.8, 4) is 0 Å². The Morgan fingerprint density at radius 3 is 2.56 bits per heavy atom. The lowest BCUT2D eigenvalue weighted by Gasteiger charge is -2.34. The molecule has 0 radical (unpaired) electrons. The van der Waals surface area contributed by atoms with Gasteiger partial charge in [-0.2, -0.15) is 0 Å². The maximum atomic E-state index is 12.1. The van der Waals surface area contributed by atoms with Crippen LogP contribution in [0.3, 0.4) is 0 Å². The van der Waals surface area contributed by atoms with Crippen LogP contribution in [0.15, 0.2) is 24.5 Å². The summed E-state index contributed by atoms with van der Waals surface area (Å²) in [5.41, 5.74) is 4.83. The fourth-order valence-corrected chi connectivity index (χ4v) is 1.93. The van der Waals surface area contributed by atoms with Gasteiger partial charge in [0.05, 0.1) is 5.56 Å². The molecule has 5 heteroatoms. The van der Waals surface area contributed by atoms with Gasteiger partial charge in [-0.15, -0.1) is 0 Å². The van der Waals surface area contributed by atoms with E-state index in [0.717, 1.165) is 0 Å². The Labute approximate surface area is 107 Å². The number of nitrogens with zero attached hydrogens (tertiary/aromatic N) is 1. The van der Waals surface area contributed by atoms with E-state index in [1.54, 1.807) is 18.3 Å². The van der Waals surface area contributed by atoms with Crippen LogP contribution in [-0.4, -0.2) is 22.3 Å². The Kier molecular flexibility index (Phi) is 4.42. The van der Waals surface area contributed by atoms with Gasteiger partial charge in [-0.05, 0) is 24.5 Å². The molecule has 3 N–H and O–H groups in total. The minimum absolute atomic E-state index is 0.0828. The number of carbonyl (C=O) groups excluding carboxylic acids is 2. The lowest BCUT2D eigenvalue weighted by atomic mass is 9.83. The zero-order valence-corrected chi connectivity index (χ0v) is 10.9. The highest BCUT2D eigenvalue weighted by molar-refractivity contribution is 5.98. The lowest BCUT2D eigenvalue weighted by molar-refractivity contribution is -0.126. The van der Waals surface area contributed by atoms with Crippen molar-refractivity contribution in [3.63, 3.8) is 0 Å². The first-order valence-electron chi connectivity index (χ1n) is 5.96. The first kappa shape index (κ1) is 14.2. The van der Waals surface area contributed by atoms with Gasteiger partial charge in [0.25, 0.3) is 5.91 Å². The van der Waals surface area contributed by atoms with Gasteiger partial charge in [0, 0.05) is 12.4 Å². The molecule has 18 heavy (non-hydrogen) atoms. The summed E-state index contributed by atoms with van der Waals surface area (Å²) < 4.78 is 0. The summed E-state index contributed by atoms with van der Waals surface area (Å²) in [6.45, 7) is 5.55. The van der Waals surface area contributed by atoms with E-state index < -0.39 is 11.4 Å². The molecule has 0 unspecified atom stereocenters. The molecule has 0 bridgehead atoms. The summed E-state index contributed by atoms with van der Waals surface area (Å²) in [7, 11) is 0. The van der Waals surface area contributed by atoms with E-state index in [1.807, 2.05) is 20.8 Å². The zero-order valence-electron chi connectivity index (χ0n) is 10.9. The first-order valence-corrected chi connectivity index (χ1v) is 5.96. The molecule has 1 atom stereocenters. The number of nitrogens with two attached hydrogens (primary N) is 1. The van der Waals surface area contributed by atoms with Gasteiger partial charge >= 0.3 is 0 Å². The van der Waals surface area contributed by atoms with Crippen molar-refractivity contribution in [1.82, 2.24) is 10.3 Å². The highest BCUT2D eigenvalue weighted by Crippen LogP contribution is 2.21. The van der Waals surface area contributed by atoms with Gasteiger partial charge in [-0.3, -0.25) is 14.6 Å². The average Bonchev–Trinajstić information content (AvgIpc) is 2.36. The second-order valence-corrected chi connectivity index (χ2v) is 4.54. The monoisotopic (exact) mass is 249 g/mol. The van der Waals surface area contributed by atoms with Gasteiger partial charge in [0.1, 0.15) is 5.54 Å². The van der Waals surface area contributed by atoms with Crippen LogP contribution in [0.2, 0.25) is 0 Å². The van der Waals surface area contributed by atoms with E-state index in [-0.39, 0.29) is 11.8 Å². The lowest BCUT2D eigenvalue weighted by Crippen LogP contribution is -2.60. The molecule has 0 aromatic carbocycles. The van der Waals surface area contributed by atoms with Crippen LogP contribution in [0.4, 0.5) is 0 Å². The maximum Gasteiger partial charge on any atom is 0.253 e. The smallest absolute Gasteiger partial charge is 0.253 e. The molecular weight excluding hydrogens is 230 g/mol. The summed E-state index contributed by atoms with van der Waals surface area (Å²) in [6, 6.07) is 3.31. The number of primary amides is 1. The molecule has 1 aromatic heterocycles. The molecule has 0 saturated carbocycles. The maximum absolute atomic E-state index is 12.1. The summed E-state index contributed by atoms with van der Waals surface area (Å²) >= 11 is 0. The van der Waals surface area contributed by atoms with Crippen LogP contribution in [0.5, 0.6) is 0 Å². The van der Waals surface area contributed by atoms with E-state index in [1.165, 1.54) is 6.20 Å². The number of hydrogen-bond donors (Lipinski definition) is 2. The van der Waals surface area contributed by atoms with Gasteiger partial charge in [-0.25, -0.2) is 0 Å². The van der Waals surface area contributed by atoms with Crippen molar-refractivity contribution >= 4 is 11.8 Å². The summed E-state index contributed by atoms with van der Waals surface area (Å²) in [5, 5.41) is 2.74. The Bertz CT molecular complexity index is 431. The molecule has 2 amide bonds. The van der Waals surface area contributed by atoms with Crippen LogP contribution in [-0.2, 0) is 4.79 Å². The number of carbonyl (C=O) groups is 2. The fraction of sp³-hybridized carbons (Fsp3) is 0.462. The third-order valence-corrected chi connectivity index (χ3v) is 3.24. The predicted octanol–water partition coefficient (Wildman–Crippen LogP) is 1.10. The number of nitrogens with one attached hydrogen (secondary N) is 1. The van der Waals surface area contributed by atoms with E-state index in [4.69, 9.17) is 5.73 Å². The molecule has 1 aromatic rings. The minimum Gasteiger partial charge on any atom is -0.368 e. The van der Waals surface area contributed by atoms with Crippen LogP contribution < -0.4 is 11.1 Å². The fourth-order valence-electron chi connectivity index (χ4n) is 1.93. The van der Waals surface area contributed by atoms with Crippen molar-refractivity contribution in [2.24, 2.45) is 11.7 Å². The van der Waals surface area contributed by atoms with Crippen molar-refractivity contribution in [3.05, 3.63) is 30.1 Å². The third kappa shape index (κ3) is 2.67. The van der Waals surface area contributed by atoms with E-state index in [2.05, 4.69) is 10.3 Å². The molecule has 0 fully saturated rings. The SMILES string of the molecule is CC[C@@](NC(=O)c1cccnc1)(C(N)=O)C(C)C. The molecule has 1 rings (SSSR count). The topological polar surface area (TPSA) is 85.1 Å². The number of hydrogen-bond acceptors (Lipinski definition) is 3. The summed E-state index contributed by atoms with van der Waals surface area (Å²) in [5.74, 6) is -0.935. The van der Waals surface area contributed by atoms with Crippen LogP contribution in [0.1, 0.15) is 37.6 Å². The third-order valence-electron chi connectivity index (χ3n) is 3.24. The van der Waals surface area contributed by atoms with E-state index in [0.29, 0.717) is 12.0 Å². The molecule has 98 valence electrons. The molecule has 0 aliphatic carbocycles. The van der Waals surface area contributed by atoms with Crippen molar-refractivity contribution < 1.29 is 9.59 Å². The molecule has 0 aliphatic heterocycles. The standard InChI is InChI=1S/C13H19N3O2/c1-4-13(9(2)3,12(14)18)16-11(17)10-6-5-7-15-8-10/h5-9H,4H2,1-3H3,(H2,14,18)(H,16,17)/t13-/m0/s1. The quantitative estimate of drug-likeness (QED) is 0.819. The molecule has 1 heterocycles. The van der Waals surface area contributed by atoms with Crippen LogP contribution >= 0.6 is 0 Å². The number of amides is 2. The van der Waals surface area contributed by atoms with Gasteiger partial charge in [0.2, 0.25) is 5.91 Å². The zero-order chi connectivity index (χ0) is 13.8. The van der Waals surface area contributed by atoms with Crippen LogP contribution in [0, 0.1) is 5.92 Å². The molecule has 5 nitrogen and oxygen atoms in total. The minimum atomic E-state index is -1.02. The predicted molar refractivity (Wildman–Crippen MR) is 68.8 cm³/mol. The van der Waals surface area contributed by atoms with Crippen molar-refractivity contribution in [2.75, 3.05) is 0 Å². The number of aromatic nitrogens is 1. The van der Waals surface area contributed by atoms with Gasteiger partial charge in [-0.1, -0.05) is 20.8 Å². The summed E-state index contributed by atoms with van der Waals surface area (Å²) in [4.78, 5) is 27.6. The highest BCUT2D eigenvalue weighted by Gasteiger charge is 2.39. The number of pyridine rings is 1.